The number of benzene rings is 2. The van der Waals surface area contributed by atoms with Crippen LogP contribution in [0.5, 0.6) is 0 Å². The van der Waals surface area contributed by atoms with Crippen molar-refractivity contribution in [1.82, 2.24) is 4.98 Å². The van der Waals surface area contributed by atoms with Gasteiger partial charge < -0.3 is 10.3 Å². The molecule has 0 bridgehead atoms. The van der Waals surface area contributed by atoms with Crippen LogP contribution in [0.1, 0.15) is 28.4 Å². The molecule has 2 aromatic carbocycles. The summed E-state index contributed by atoms with van der Waals surface area (Å²) >= 11 is 0. The third-order valence-corrected chi connectivity index (χ3v) is 3.81. The van der Waals surface area contributed by atoms with Crippen molar-refractivity contribution in [2.45, 2.75) is 20.3 Å². The maximum absolute atomic E-state index is 12.6. The van der Waals surface area contributed by atoms with Crippen molar-refractivity contribution < 1.29 is 4.79 Å². The first kappa shape index (κ1) is 13.4. The van der Waals surface area contributed by atoms with Crippen LogP contribution in [0.2, 0.25) is 0 Å². The Hall–Kier alpha value is -2.55. The van der Waals surface area contributed by atoms with Crippen molar-refractivity contribution in [1.29, 1.82) is 0 Å². The topological polar surface area (TPSA) is 44.9 Å². The molecule has 21 heavy (non-hydrogen) atoms. The van der Waals surface area contributed by atoms with E-state index in [1.54, 1.807) is 0 Å². The molecule has 0 aliphatic carbocycles. The third kappa shape index (κ3) is 2.42. The van der Waals surface area contributed by atoms with E-state index in [4.69, 9.17) is 0 Å². The van der Waals surface area contributed by atoms with Gasteiger partial charge in [-0.1, -0.05) is 37.3 Å². The fourth-order valence-corrected chi connectivity index (χ4v) is 2.66. The minimum absolute atomic E-state index is 0.0768. The lowest BCUT2D eigenvalue weighted by Gasteiger charge is -2.13. The molecule has 2 N–H and O–H groups in total. The van der Waals surface area contributed by atoms with Gasteiger partial charge in [-0.05, 0) is 36.6 Å². The zero-order chi connectivity index (χ0) is 14.8. The molecule has 0 fully saturated rings. The number of rotatable bonds is 3. The summed E-state index contributed by atoms with van der Waals surface area (Å²) in [6.45, 7) is 4.11. The van der Waals surface area contributed by atoms with Crippen LogP contribution in [0.4, 0.5) is 5.69 Å². The number of fused-ring (bicyclic) bond motifs is 1. The Labute approximate surface area is 124 Å². The molecule has 0 aliphatic rings. The summed E-state index contributed by atoms with van der Waals surface area (Å²) in [5.41, 5.74) is 4.71. The summed E-state index contributed by atoms with van der Waals surface area (Å²) in [7, 11) is 0. The Morgan fingerprint density at radius 3 is 2.76 bits per heavy atom. The van der Waals surface area contributed by atoms with Crippen LogP contribution in [0.25, 0.3) is 10.9 Å². The summed E-state index contributed by atoms with van der Waals surface area (Å²) in [5, 5.41) is 4.11. The van der Waals surface area contributed by atoms with E-state index in [1.165, 1.54) is 0 Å². The van der Waals surface area contributed by atoms with Crippen LogP contribution in [-0.4, -0.2) is 10.9 Å². The van der Waals surface area contributed by atoms with Gasteiger partial charge in [0.2, 0.25) is 0 Å². The number of aryl methyl sites for hydroxylation is 2. The lowest BCUT2D eigenvalue weighted by molar-refractivity contribution is 0.102. The molecule has 106 valence electrons. The van der Waals surface area contributed by atoms with Crippen LogP contribution >= 0.6 is 0 Å². The molecule has 3 nitrogen and oxygen atoms in total. The van der Waals surface area contributed by atoms with Gasteiger partial charge in [0.1, 0.15) is 0 Å². The van der Waals surface area contributed by atoms with Gasteiger partial charge in [-0.25, -0.2) is 0 Å². The van der Waals surface area contributed by atoms with E-state index in [9.17, 15) is 4.79 Å². The van der Waals surface area contributed by atoms with Gasteiger partial charge in [-0.15, -0.1) is 0 Å². The lowest BCUT2D eigenvalue weighted by atomic mass is 10.0. The van der Waals surface area contributed by atoms with Gasteiger partial charge in [0, 0.05) is 17.3 Å². The highest BCUT2D eigenvalue weighted by Gasteiger charge is 2.13. The molecule has 1 aromatic heterocycles. The maximum atomic E-state index is 12.6. The number of carbonyl (C=O) groups excluding carboxylic acids is 1. The smallest absolute Gasteiger partial charge is 0.257 e. The van der Waals surface area contributed by atoms with E-state index in [0.29, 0.717) is 5.56 Å². The molecular formula is C18H18N2O. The summed E-state index contributed by atoms with van der Waals surface area (Å²) in [5.74, 6) is -0.0768. The SMILES string of the molecule is CCc1cccc(C)c1NC(=O)c1cccc2cc[nH]c12. The van der Waals surface area contributed by atoms with E-state index in [0.717, 1.165) is 34.1 Å². The van der Waals surface area contributed by atoms with Crippen LogP contribution in [0.3, 0.4) is 0 Å². The number of aromatic nitrogens is 1. The quantitative estimate of drug-likeness (QED) is 0.737. The molecule has 0 radical (unpaired) electrons. The molecule has 0 atom stereocenters. The van der Waals surface area contributed by atoms with Crippen molar-refractivity contribution in [2.24, 2.45) is 0 Å². The monoisotopic (exact) mass is 278 g/mol. The molecule has 0 spiro atoms. The zero-order valence-corrected chi connectivity index (χ0v) is 12.2. The number of anilines is 1. The number of para-hydroxylation sites is 2. The zero-order valence-electron chi connectivity index (χ0n) is 12.2. The number of amides is 1. The second-order valence-corrected chi connectivity index (χ2v) is 5.16. The van der Waals surface area contributed by atoms with Crippen molar-refractivity contribution in [2.75, 3.05) is 5.32 Å². The van der Waals surface area contributed by atoms with E-state index >= 15 is 0 Å². The Kier molecular flexibility index (Phi) is 3.48. The van der Waals surface area contributed by atoms with Crippen LogP contribution < -0.4 is 5.32 Å². The molecule has 3 heteroatoms. The van der Waals surface area contributed by atoms with Crippen molar-refractivity contribution in [3.8, 4) is 0 Å². The van der Waals surface area contributed by atoms with Crippen LogP contribution in [0.15, 0.2) is 48.7 Å². The fraction of sp³-hybridized carbons (Fsp3) is 0.167. The second kappa shape index (κ2) is 5.44. The van der Waals surface area contributed by atoms with Crippen molar-refractivity contribution in [3.63, 3.8) is 0 Å². The van der Waals surface area contributed by atoms with E-state index in [-0.39, 0.29) is 5.91 Å². The summed E-state index contributed by atoms with van der Waals surface area (Å²) < 4.78 is 0. The Bertz CT molecular complexity index is 802. The lowest BCUT2D eigenvalue weighted by Crippen LogP contribution is -2.14. The van der Waals surface area contributed by atoms with Crippen LogP contribution in [0, 0.1) is 6.92 Å². The molecule has 1 heterocycles. The molecule has 3 aromatic rings. The molecule has 3 rings (SSSR count). The highest BCUT2D eigenvalue weighted by atomic mass is 16.1. The van der Waals surface area contributed by atoms with E-state index in [1.807, 2.05) is 49.5 Å². The highest BCUT2D eigenvalue weighted by molar-refractivity contribution is 6.12. The molecule has 0 aliphatic heterocycles. The number of hydrogen-bond acceptors (Lipinski definition) is 1. The predicted molar refractivity (Wildman–Crippen MR) is 86.8 cm³/mol. The minimum atomic E-state index is -0.0768. The summed E-state index contributed by atoms with van der Waals surface area (Å²) in [6.07, 6.45) is 2.75. The molecule has 0 saturated carbocycles. The molecule has 0 unspecified atom stereocenters. The first-order chi connectivity index (χ1) is 10.2. The van der Waals surface area contributed by atoms with E-state index < -0.39 is 0 Å². The standard InChI is InChI=1S/C18H18N2O/c1-3-13-7-4-6-12(2)16(13)20-18(21)15-9-5-8-14-10-11-19-17(14)15/h4-11,19H,3H2,1-2H3,(H,20,21). The molecular weight excluding hydrogens is 260 g/mol. The van der Waals surface area contributed by atoms with E-state index in [2.05, 4.69) is 23.3 Å². The number of H-pyrrole nitrogens is 1. The number of hydrogen-bond donors (Lipinski definition) is 2. The average molecular weight is 278 g/mol. The van der Waals surface area contributed by atoms with Crippen molar-refractivity contribution >= 4 is 22.5 Å². The predicted octanol–water partition coefficient (Wildman–Crippen LogP) is 4.29. The van der Waals surface area contributed by atoms with Gasteiger partial charge in [-0.3, -0.25) is 4.79 Å². The molecule has 1 amide bonds. The average Bonchev–Trinajstić information content (AvgIpc) is 2.97. The first-order valence-corrected chi connectivity index (χ1v) is 7.16. The van der Waals surface area contributed by atoms with Gasteiger partial charge in [0.15, 0.2) is 0 Å². The molecule has 0 saturated heterocycles. The normalized spacial score (nSPS) is 10.8. The number of nitrogens with one attached hydrogen (secondary N) is 2. The minimum Gasteiger partial charge on any atom is -0.361 e. The van der Waals surface area contributed by atoms with Gasteiger partial charge in [0.25, 0.3) is 5.91 Å². The number of carbonyl (C=O) groups is 1. The van der Waals surface area contributed by atoms with Crippen molar-refractivity contribution in [3.05, 3.63) is 65.4 Å². The Morgan fingerprint density at radius 2 is 1.95 bits per heavy atom. The summed E-state index contributed by atoms with van der Waals surface area (Å²) in [4.78, 5) is 15.8. The largest absolute Gasteiger partial charge is 0.361 e. The Morgan fingerprint density at radius 1 is 1.14 bits per heavy atom. The fourth-order valence-electron chi connectivity index (χ4n) is 2.66. The summed E-state index contributed by atoms with van der Waals surface area (Å²) in [6, 6.07) is 13.8. The van der Waals surface area contributed by atoms with Gasteiger partial charge in [-0.2, -0.15) is 0 Å². The van der Waals surface area contributed by atoms with Crippen LogP contribution in [-0.2, 0) is 6.42 Å². The second-order valence-electron chi connectivity index (χ2n) is 5.16. The Balaban J connectivity index is 1.99. The highest BCUT2D eigenvalue weighted by Crippen LogP contribution is 2.23. The van der Waals surface area contributed by atoms with Gasteiger partial charge >= 0.3 is 0 Å². The maximum Gasteiger partial charge on any atom is 0.257 e. The third-order valence-electron chi connectivity index (χ3n) is 3.81. The number of aromatic amines is 1. The van der Waals surface area contributed by atoms with Gasteiger partial charge in [0.05, 0.1) is 11.1 Å². The first-order valence-electron chi connectivity index (χ1n) is 7.16.